The van der Waals surface area contributed by atoms with E-state index in [9.17, 15) is 4.79 Å². The summed E-state index contributed by atoms with van der Waals surface area (Å²) >= 11 is 0. The van der Waals surface area contributed by atoms with Crippen molar-refractivity contribution in [3.63, 3.8) is 0 Å². The third kappa shape index (κ3) is 3.47. The summed E-state index contributed by atoms with van der Waals surface area (Å²) in [5, 5.41) is 0. The van der Waals surface area contributed by atoms with Crippen LogP contribution in [0.4, 0.5) is 0 Å². The molecular weight excluding hydrogens is 278 g/mol. The summed E-state index contributed by atoms with van der Waals surface area (Å²) in [5.74, 6) is 1.28. The molecule has 0 bridgehead atoms. The van der Waals surface area contributed by atoms with Crippen molar-refractivity contribution in [1.29, 1.82) is 0 Å². The molecule has 3 atom stereocenters. The van der Waals surface area contributed by atoms with E-state index in [0.717, 1.165) is 32.7 Å². The smallest absolute Gasteiger partial charge is 0.224 e. The number of carbonyl (C=O) groups excluding carboxylic acids is 1. The fraction of sp³-hybridized carbons (Fsp3) is 0.647. The normalized spacial score (nSPS) is 28.4. The summed E-state index contributed by atoms with van der Waals surface area (Å²) in [6.45, 7) is 3.93. The molecule has 120 valence electrons. The van der Waals surface area contributed by atoms with Gasteiger partial charge in [0.25, 0.3) is 0 Å². The van der Waals surface area contributed by atoms with E-state index in [1.165, 1.54) is 5.56 Å². The second kappa shape index (κ2) is 6.75. The van der Waals surface area contributed by atoms with Gasteiger partial charge >= 0.3 is 0 Å². The van der Waals surface area contributed by atoms with Gasteiger partial charge in [-0.3, -0.25) is 14.7 Å². The lowest BCUT2D eigenvalue weighted by molar-refractivity contribution is -0.131. The summed E-state index contributed by atoms with van der Waals surface area (Å²) in [6.07, 6.45) is 5.47. The number of fused-ring (bicyclic) bond motifs is 1. The van der Waals surface area contributed by atoms with Crippen LogP contribution in [0.3, 0.4) is 0 Å². The topological polar surface area (TPSA) is 45.7 Å². The van der Waals surface area contributed by atoms with Crippen LogP contribution in [0.1, 0.15) is 18.4 Å². The third-order valence-electron chi connectivity index (χ3n) is 4.91. The zero-order chi connectivity index (χ0) is 15.5. The molecule has 3 rings (SSSR count). The number of nitrogens with zero attached hydrogens (tertiary/aromatic N) is 3. The first-order chi connectivity index (χ1) is 10.6. The summed E-state index contributed by atoms with van der Waals surface area (Å²) in [4.78, 5) is 20.1. The van der Waals surface area contributed by atoms with E-state index in [1.54, 1.807) is 4.90 Å². The number of carbonyl (C=O) groups is 1. The molecule has 0 aromatic carbocycles. The van der Waals surface area contributed by atoms with Crippen molar-refractivity contribution in [2.45, 2.75) is 25.5 Å². The Kier molecular flexibility index (Phi) is 4.74. The Hall–Kier alpha value is -1.46. The number of amides is 1. The number of likely N-dealkylation sites (tertiary alicyclic amines) is 1. The van der Waals surface area contributed by atoms with Gasteiger partial charge in [0.15, 0.2) is 0 Å². The molecule has 1 aromatic heterocycles. The van der Waals surface area contributed by atoms with Gasteiger partial charge in [-0.25, -0.2) is 0 Å². The van der Waals surface area contributed by atoms with Crippen molar-refractivity contribution in [3.05, 3.63) is 30.1 Å². The zero-order valence-corrected chi connectivity index (χ0v) is 13.4. The number of ether oxygens (including phenoxy) is 1. The van der Waals surface area contributed by atoms with Gasteiger partial charge in [0.05, 0.1) is 19.1 Å². The molecule has 0 spiro atoms. The van der Waals surface area contributed by atoms with Gasteiger partial charge in [0.2, 0.25) is 5.91 Å². The van der Waals surface area contributed by atoms with Crippen LogP contribution in [0, 0.1) is 11.8 Å². The number of pyridine rings is 1. The summed E-state index contributed by atoms with van der Waals surface area (Å²) in [5.41, 5.74) is 1.31. The molecule has 0 saturated carbocycles. The van der Waals surface area contributed by atoms with Gasteiger partial charge in [-0.15, -0.1) is 0 Å². The van der Waals surface area contributed by atoms with Crippen LogP contribution >= 0.6 is 0 Å². The van der Waals surface area contributed by atoms with Crippen LogP contribution in [0.5, 0.6) is 0 Å². The standard InChI is InChI=1S/C17H25N3O2/c1-19(2)17(21)9-16-15-5-8-20(11-14(15)12-22-16)10-13-3-6-18-7-4-13/h3-4,6-7,14-16H,5,8-12H2,1-2H3/t14-,15-,16+/m1/s1. The first kappa shape index (κ1) is 15.4. The highest BCUT2D eigenvalue weighted by Gasteiger charge is 2.41. The van der Waals surface area contributed by atoms with Crippen molar-refractivity contribution < 1.29 is 9.53 Å². The Bertz CT molecular complexity index is 506. The highest BCUT2D eigenvalue weighted by atomic mass is 16.5. The number of hydrogen-bond donors (Lipinski definition) is 0. The fourth-order valence-corrected chi connectivity index (χ4v) is 3.62. The second-order valence-electron chi connectivity index (χ2n) is 6.67. The van der Waals surface area contributed by atoms with Gasteiger partial charge in [-0.1, -0.05) is 0 Å². The molecule has 5 heteroatoms. The van der Waals surface area contributed by atoms with E-state index in [4.69, 9.17) is 4.74 Å². The predicted molar refractivity (Wildman–Crippen MR) is 84.2 cm³/mol. The van der Waals surface area contributed by atoms with E-state index in [-0.39, 0.29) is 12.0 Å². The molecule has 0 unspecified atom stereocenters. The molecule has 5 nitrogen and oxygen atoms in total. The minimum Gasteiger partial charge on any atom is -0.377 e. The molecule has 3 heterocycles. The molecule has 0 N–H and O–H groups in total. The molecule has 2 aliphatic heterocycles. The van der Waals surface area contributed by atoms with Gasteiger partial charge < -0.3 is 9.64 Å². The van der Waals surface area contributed by atoms with E-state index >= 15 is 0 Å². The molecule has 2 fully saturated rings. The first-order valence-electron chi connectivity index (χ1n) is 8.06. The average molecular weight is 303 g/mol. The van der Waals surface area contributed by atoms with E-state index in [1.807, 2.05) is 26.5 Å². The molecule has 0 radical (unpaired) electrons. The van der Waals surface area contributed by atoms with Crippen LogP contribution in [-0.2, 0) is 16.1 Å². The molecule has 1 aromatic rings. The van der Waals surface area contributed by atoms with Crippen LogP contribution in [-0.4, -0.2) is 60.6 Å². The van der Waals surface area contributed by atoms with E-state index in [2.05, 4.69) is 22.0 Å². The van der Waals surface area contributed by atoms with Crippen LogP contribution in [0.15, 0.2) is 24.5 Å². The second-order valence-corrected chi connectivity index (χ2v) is 6.67. The number of aromatic nitrogens is 1. The Balaban J connectivity index is 1.54. The van der Waals surface area contributed by atoms with E-state index < -0.39 is 0 Å². The van der Waals surface area contributed by atoms with Crippen LogP contribution in [0.2, 0.25) is 0 Å². The van der Waals surface area contributed by atoms with Crippen molar-refractivity contribution >= 4 is 5.91 Å². The maximum absolute atomic E-state index is 11.9. The van der Waals surface area contributed by atoms with Crippen molar-refractivity contribution in [1.82, 2.24) is 14.8 Å². The highest BCUT2D eigenvalue weighted by molar-refractivity contribution is 5.76. The van der Waals surface area contributed by atoms with Gasteiger partial charge in [-0.05, 0) is 36.6 Å². The maximum Gasteiger partial charge on any atom is 0.224 e. The quantitative estimate of drug-likeness (QED) is 0.843. The van der Waals surface area contributed by atoms with E-state index in [0.29, 0.717) is 18.3 Å². The predicted octanol–water partition coefficient (Wildman–Crippen LogP) is 1.40. The van der Waals surface area contributed by atoms with Gasteiger partial charge in [0, 0.05) is 45.5 Å². The summed E-state index contributed by atoms with van der Waals surface area (Å²) in [6, 6.07) is 4.16. The largest absolute Gasteiger partial charge is 0.377 e. The third-order valence-corrected chi connectivity index (χ3v) is 4.91. The minimum absolute atomic E-state index is 0.114. The first-order valence-corrected chi connectivity index (χ1v) is 8.06. The molecule has 2 saturated heterocycles. The van der Waals surface area contributed by atoms with Crippen LogP contribution in [0.25, 0.3) is 0 Å². The number of hydrogen-bond acceptors (Lipinski definition) is 4. The van der Waals surface area contributed by atoms with Crippen LogP contribution < -0.4 is 0 Å². The SMILES string of the molecule is CN(C)C(=O)C[C@@H]1OC[C@H]2CN(Cc3ccncc3)CC[C@H]21. The average Bonchev–Trinajstić information content (AvgIpc) is 2.90. The van der Waals surface area contributed by atoms with Crippen molar-refractivity contribution in [3.8, 4) is 0 Å². The molecular formula is C17H25N3O2. The number of rotatable bonds is 4. The minimum atomic E-state index is 0.114. The lowest BCUT2D eigenvalue weighted by Gasteiger charge is -2.35. The molecule has 1 amide bonds. The van der Waals surface area contributed by atoms with Gasteiger partial charge in [0.1, 0.15) is 0 Å². The number of piperidine rings is 1. The van der Waals surface area contributed by atoms with Gasteiger partial charge in [-0.2, -0.15) is 0 Å². The Morgan fingerprint density at radius 1 is 1.41 bits per heavy atom. The molecule has 22 heavy (non-hydrogen) atoms. The fourth-order valence-electron chi connectivity index (χ4n) is 3.62. The lowest BCUT2D eigenvalue weighted by atomic mass is 9.83. The van der Waals surface area contributed by atoms with Crippen molar-refractivity contribution in [2.24, 2.45) is 11.8 Å². The highest BCUT2D eigenvalue weighted by Crippen LogP contribution is 2.36. The Morgan fingerprint density at radius 2 is 2.18 bits per heavy atom. The Morgan fingerprint density at radius 3 is 2.91 bits per heavy atom. The molecule has 0 aliphatic carbocycles. The summed E-state index contributed by atoms with van der Waals surface area (Å²) < 4.78 is 5.94. The Labute approximate surface area is 132 Å². The zero-order valence-electron chi connectivity index (χ0n) is 13.4. The lowest BCUT2D eigenvalue weighted by Crippen LogP contribution is -2.41. The van der Waals surface area contributed by atoms with Crippen molar-refractivity contribution in [2.75, 3.05) is 33.8 Å². The maximum atomic E-state index is 11.9. The monoisotopic (exact) mass is 303 g/mol. The molecule has 2 aliphatic rings. The summed E-state index contributed by atoms with van der Waals surface area (Å²) in [7, 11) is 3.62.